The van der Waals surface area contributed by atoms with Gasteiger partial charge in [-0.2, -0.15) is 13.2 Å². The quantitative estimate of drug-likeness (QED) is 0.122. The van der Waals surface area contributed by atoms with E-state index >= 15 is 0 Å². The lowest BCUT2D eigenvalue weighted by atomic mass is 10.2. The first-order valence-corrected chi connectivity index (χ1v) is 16.1. The number of pyridine rings is 1. The van der Waals surface area contributed by atoms with Gasteiger partial charge in [0, 0.05) is 51.8 Å². The molecule has 4 rings (SSSR count). The van der Waals surface area contributed by atoms with Gasteiger partial charge in [0.25, 0.3) is 0 Å². The number of nitrogens with zero attached hydrogens (tertiary/aromatic N) is 4. The summed E-state index contributed by atoms with van der Waals surface area (Å²) in [7, 11) is -1.42. The summed E-state index contributed by atoms with van der Waals surface area (Å²) < 4.78 is 88.9. The van der Waals surface area contributed by atoms with Crippen LogP contribution in [0.1, 0.15) is 17.3 Å². The predicted molar refractivity (Wildman–Crippen MR) is 140 cm³/mol. The SMILES string of the molecule is Cc1nnc(CNC(=O)Nc2cc(F)c(Oc3ccnc4c3c(C(F)(F)F)cn4COCC[Si](C)(C)C)c(F)c2)o1. The van der Waals surface area contributed by atoms with Crippen molar-refractivity contribution in [1.29, 1.82) is 0 Å². The Morgan fingerprint density at radius 1 is 1.15 bits per heavy atom. The summed E-state index contributed by atoms with van der Waals surface area (Å²) in [4.78, 5) is 16.1. The number of halogens is 5. The molecule has 3 aromatic heterocycles. The first-order chi connectivity index (χ1) is 19.2. The number of rotatable bonds is 10. The van der Waals surface area contributed by atoms with Crippen molar-refractivity contribution in [1.82, 2.24) is 25.1 Å². The summed E-state index contributed by atoms with van der Waals surface area (Å²) >= 11 is 0. The average molecular weight is 599 g/mol. The molecule has 1 aromatic carbocycles. The van der Waals surface area contributed by atoms with E-state index in [1.54, 1.807) is 6.92 Å². The van der Waals surface area contributed by atoms with Crippen LogP contribution in [0.15, 0.2) is 35.0 Å². The number of fused-ring (bicyclic) bond motifs is 1. The largest absolute Gasteiger partial charge is 0.450 e. The molecule has 0 saturated heterocycles. The van der Waals surface area contributed by atoms with Crippen molar-refractivity contribution in [2.24, 2.45) is 0 Å². The van der Waals surface area contributed by atoms with E-state index in [1.165, 1.54) is 4.57 Å². The van der Waals surface area contributed by atoms with E-state index in [2.05, 4.69) is 45.5 Å². The number of hydrogen-bond acceptors (Lipinski definition) is 7. The normalized spacial score (nSPS) is 12.1. The molecule has 0 radical (unpaired) electrons. The highest BCUT2D eigenvalue weighted by Crippen LogP contribution is 2.42. The van der Waals surface area contributed by atoms with Gasteiger partial charge < -0.3 is 29.1 Å². The van der Waals surface area contributed by atoms with Crippen molar-refractivity contribution in [3.8, 4) is 11.5 Å². The Morgan fingerprint density at radius 2 is 1.85 bits per heavy atom. The van der Waals surface area contributed by atoms with E-state index in [0.29, 0.717) is 6.61 Å². The highest BCUT2D eigenvalue weighted by molar-refractivity contribution is 6.76. The number of alkyl halides is 3. The van der Waals surface area contributed by atoms with Gasteiger partial charge in [-0.3, -0.25) is 0 Å². The Bertz CT molecular complexity index is 1530. The number of aromatic nitrogens is 4. The van der Waals surface area contributed by atoms with Crippen LogP contribution in [0.2, 0.25) is 25.7 Å². The fourth-order valence-corrected chi connectivity index (χ4v) is 4.46. The van der Waals surface area contributed by atoms with Gasteiger partial charge in [-0.15, -0.1) is 10.2 Å². The smallest absolute Gasteiger partial charge is 0.418 e. The molecule has 41 heavy (non-hydrogen) atoms. The summed E-state index contributed by atoms with van der Waals surface area (Å²) in [5.74, 6) is -3.54. The topological polar surface area (TPSA) is 116 Å². The molecule has 0 spiro atoms. The van der Waals surface area contributed by atoms with Gasteiger partial charge in [0.05, 0.1) is 17.5 Å². The van der Waals surface area contributed by atoms with Gasteiger partial charge in [0.15, 0.2) is 17.4 Å². The van der Waals surface area contributed by atoms with Gasteiger partial charge in [-0.25, -0.2) is 18.6 Å². The van der Waals surface area contributed by atoms with Gasteiger partial charge in [0.1, 0.15) is 18.1 Å². The molecule has 0 fully saturated rings. The maximum atomic E-state index is 14.9. The lowest BCUT2D eigenvalue weighted by Gasteiger charge is -2.15. The second-order valence-electron chi connectivity index (χ2n) is 10.3. The van der Waals surface area contributed by atoms with Crippen LogP contribution in [0.3, 0.4) is 0 Å². The number of aryl methyl sites for hydroxylation is 1. The molecule has 0 unspecified atom stereocenters. The van der Waals surface area contributed by atoms with Crippen molar-refractivity contribution in [2.45, 2.75) is 52.1 Å². The summed E-state index contributed by atoms with van der Waals surface area (Å²) in [5.41, 5.74) is -1.50. The van der Waals surface area contributed by atoms with Crippen LogP contribution in [0.25, 0.3) is 11.0 Å². The zero-order valence-electron chi connectivity index (χ0n) is 22.5. The van der Waals surface area contributed by atoms with Gasteiger partial charge in [-0.1, -0.05) is 19.6 Å². The molecule has 16 heteroatoms. The molecular formula is C25H27F5N6O4Si. The summed E-state index contributed by atoms with van der Waals surface area (Å²) in [5, 5.41) is 11.4. The molecule has 0 atom stereocenters. The third-order valence-electron chi connectivity index (χ3n) is 5.69. The van der Waals surface area contributed by atoms with Crippen molar-refractivity contribution < 1.29 is 40.6 Å². The molecule has 0 bridgehead atoms. The van der Waals surface area contributed by atoms with Crippen molar-refractivity contribution in [3.63, 3.8) is 0 Å². The van der Waals surface area contributed by atoms with E-state index in [4.69, 9.17) is 13.9 Å². The number of anilines is 1. The second-order valence-corrected chi connectivity index (χ2v) is 15.9. The molecule has 220 valence electrons. The van der Waals surface area contributed by atoms with Crippen LogP contribution in [0.5, 0.6) is 11.5 Å². The number of benzene rings is 1. The zero-order chi connectivity index (χ0) is 29.9. The highest BCUT2D eigenvalue weighted by atomic mass is 28.3. The van der Waals surface area contributed by atoms with Gasteiger partial charge in [-0.05, 0) is 12.1 Å². The third-order valence-corrected chi connectivity index (χ3v) is 7.39. The molecule has 0 aliphatic heterocycles. The van der Waals surface area contributed by atoms with E-state index < -0.39 is 54.4 Å². The Labute approximate surface area is 231 Å². The average Bonchev–Trinajstić information content (AvgIpc) is 3.46. The minimum absolute atomic E-state index is 0.118. The highest BCUT2D eigenvalue weighted by Gasteiger charge is 2.37. The Kier molecular flexibility index (Phi) is 8.62. The number of ether oxygens (including phenoxy) is 2. The van der Waals surface area contributed by atoms with E-state index in [0.717, 1.165) is 36.6 Å². The van der Waals surface area contributed by atoms with Crippen LogP contribution in [-0.2, 0) is 24.2 Å². The molecular weight excluding hydrogens is 571 g/mol. The van der Waals surface area contributed by atoms with Crippen molar-refractivity contribution >= 4 is 30.8 Å². The standard InChI is InChI=1S/C25H27F5N6O4Si/c1-14-34-35-20(39-14)11-32-24(37)33-15-9-17(26)22(18(27)10-15)40-19-5-6-31-23-21(19)16(25(28,29)30)12-36(23)13-38-7-8-41(2,3)4/h5-6,9-10,12H,7-8,11,13H2,1-4H3,(H2,32,33,37). The number of carbonyl (C=O) groups is 1. The third kappa shape index (κ3) is 7.58. The van der Waals surface area contributed by atoms with Crippen LogP contribution < -0.4 is 15.4 Å². The molecule has 2 N–H and O–H groups in total. The zero-order valence-corrected chi connectivity index (χ0v) is 23.5. The monoisotopic (exact) mass is 598 g/mol. The Hall–Kier alpha value is -4.05. The summed E-state index contributed by atoms with van der Waals surface area (Å²) in [6.45, 7) is 8.01. The molecule has 4 aromatic rings. The molecule has 10 nitrogen and oxygen atoms in total. The number of nitrogens with one attached hydrogen (secondary N) is 2. The predicted octanol–water partition coefficient (Wildman–Crippen LogP) is 6.45. The molecule has 0 aliphatic carbocycles. The van der Waals surface area contributed by atoms with Crippen LogP contribution >= 0.6 is 0 Å². The molecule has 0 aliphatic rings. The number of hydrogen-bond donors (Lipinski definition) is 2. The van der Waals surface area contributed by atoms with E-state index in [1.807, 2.05) is 0 Å². The van der Waals surface area contributed by atoms with Gasteiger partial charge in [0.2, 0.25) is 11.8 Å². The van der Waals surface area contributed by atoms with Crippen LogP contribution in [-0.4, -0.2) is 40.5 Å². The van der Waals surface area contributed by atoms with E-state index in [-0.39, 0.29) is 36.4 Å². The Balaban J connectivity index is 1.55. The summed E-state index contributed by atoms with van der Waals surface area (Å²) in [6.07, 6.45) is -2.83. The van der Waals surface area contributed by atoms with E-state index in [9.17, 15) is 26.7 Å². The van der Waals surface area contributed by atoms with Gasteiger partial charge >= 0.3 is 12.2 Å². The number of carbonyl (C=O) groups excluding carboxylic acids is 1. The minimum Gasteiger partial charge on any atom is -0.450 e. The fourth-order valence-electron chi connectivity index (χ4n) is 3.71. The summed E-state index contributed by atoms with van der Waals surface area (Å²) in [6, 6.07) is 2.58. The van der Waals surface area contributed by atoms with Crippen LogP contribution in [0, 0.1) is 18.6 Å². The maximum Gasteiger partial charge on any atom is 0.418 e. The minimum atomic E-state index is -4.82. The first kappa shape index (κ1) is 29.9. The van der Waals surface area contributed by atoms with Crippen LogP contribution in [0.4, 0.5) is 32.4 Å². The second kappa shape index (κ2) is 11.8. The lowest BCUT2D eigenvalue weighted by Crippen LogP contribution is -2.28. The molecule has 0 saturated carbocycles. The fraction of sp³-hybridized carbons (Fsp3) is 0.360. The maximum absolute atomic E-state index is 14.9. The van der Waals surface area contributed by atoms with Crippen molar-refractivity contribution in [2.75, 3.05) is 11.9 Å². The molecule has 3 heterocycles. The number of urea groups is 1. The molecule has 2 amide bonds. The number of amides is 2. The Morgan fingerprint density at radius 3 is 2.46 bits per heavy atom. The van der Waals surface area contributed by atoms with Crippen molar-refractivity contribution in [3.05, 3.63) is 59.6 Å². The lowest BCUT2D eigenvalue weighted by molar-refractivity contribution is -0.136. The first-order valence-electron chi connectivity index (χ1n) is 12.3.